The average molecular weight is 458 g/mol. The second-order valence-corrected chi connectivity index (χ2v) is 9.31. The van der Waals surface area contributed by atoms with Gasteiger partial charge in [0.15, 0.2) is 11.0 Å². The van der Waals surface area contributed by atoms with Crippen LogP contribution in [0, 0.1) is 0 Å². The Hall–Kier alpha value is -3.45. The van der Waals surface area contributed by atoms with E-state index in [4.69, 9.17) is 0 Å². The first kappa shape index (κ1) is 22.7. The zero-order chi connectivity index (χ0) is 23.4. The van der Waals surface area contributed by atoms with E-state index in [-0.39, 0.29) is 5.91 Å². The molecule has 2 heterocycles. The maximum absolute atomic E-state index is 13.2. The smallest absolute Gasteiger partial charge is 0.240 e. The van der Waals surface area contributed by atoms with Gasteiger partial charge in [0.1, 0.15) is 5.25 Å². The highest BCUT2D eigenvalue weighted by atomic mass is 32.2. The van der Waals surface area contributed by atoms with Crippen LogP contribution in [0.25, 0.3) is 17.1 Å². The van der Waals surface area contributed by atoms with Crippen molar-refractivity contribution in [1.29, 1.82) is 0 Å². The minimum atomic E-state index is -0.447. The number of hydrogen-bond donors (Lipinski definition) is 0. The van der Waals surface area contributed by atoms with E-state index >= 15 is 0 Å². The molecule has 0 aliphatic heterocycles. The summed E-state index contributed by atoms with van der Waals surface area (Å²) in [6.07, 6.45) is 3.52. The quantitative estimate of drug-likeness (QED) is 0.349. The molecule has 0 spiro atoms. The van der Waals surface area contributed by atoms with E-state index in [1.807, 2.05) is 54.6 Å². The number of para-hydroxylation sites is 1. The van der Waals surface area contributed by atoms with Crippen LogP contribution < -0.4 is 0 Å². The van der Waals surface area contributed by atoms with Crippen molar-refractivity contribution < 1.29 is 4.79 Å². The fourth-order valence-corrected chi connectivity index (χ4v) is 4.85. The Morgan fingerprint density at radius 3 is 2.33 bits per heavy atom. The monoisotopic (exact) mass is 457 g/mol. The second kappa shape index (κ2) is 10.0. The summed E-state index contributed by atoms with van der Waals surface area (Å²) < 4.78 is 2.05. The van der Waals surface area contributed by atoms with Gasteiger partial charge in [-0.3, -0.25) is 14.3 Å². The molecule has 4 aromatic rings. The second-order valence-electron chi connectivity index (χ2n) is 8.24. The van der Waals surface area contributed by atoms with Gasteiger partial charge in [0.2, 0.25) is 5.91 Å². The molecule has 2 aromatic carbocycles. The Bertz CT molecular complexity index is 1220. The van der Waals surface area contributed by atoms with Crippen LogP contribution in [0.15, 0.2) is 84.3 Å². The number of aromatic nitrogens is 4. The molecule has 0 fully saturated rings. The maximum Gasteiger partial charge on any atom is 0.240 e. The van der Waals surface area contributed by atoms with Crippen molar-refractivity contribution in [3.63, 3.8) is 0 Å². The van der Waals surface area contributed by atoms with E-state index in [9.17, 15) is 4.79 Å². The van der Waals surface area contributed by atoms with Crippen LogP contribution in [-0.4, -0.2) is 44.7 Å². The van der Waals surface area contributed by atoms with E-state index in [0.717, 1.165) is 16.8 Å². The number of hydrogen-bond acceptors (Lipinski definition) is 5. The molecule has 1 atom stereocenters. The molecule has 7 heteroatoms. The van der Waals surface area contributed by atoms with Crippen molar-refractivity contribution >= 4 is 17.7 Å². The number of amides is 1. The molecule has 0 radical (unpaired) electrons. The Morgan fingerprint density at radius 2 is 1.67 bits per heavy atom. The lowest BCUT2D eigenvalue weighted by Crippen LogP contribution is -2.27. The SMILES string of the molecule is CC(C)c1ccccc1-n1c(S[C@H](C(=O)N(C)C)c2ccccc2)nnc1-c1cccnc1. The number of pyridine rings is 1. The predicted octanol–water partition coefficient (Wildman–Crippen LogP) is 5.37. The van der Waals surface area contributed by atoms with Gasteiger partial charge < -0.3 is 4.90 Å². The van der Waals surface area contributed by atoms with Gasteiger partial charge in [-0.15, -0.1) is 10.2 Å². The van der Waals surface area contributed by atoms with Crippen LogP contribution in [0.3, 0.4) is 0 Å². The maximum atomic E-state index is 13.2. The molecule has 1 amide bonds. The molecule has 0 aliphatic rings. The van der Waals surface area contributed by atoms with E-state index < -0.39 is 5.25 Å². The van der Waals surface area contributed by atoms with Gasteiger partial charge in [0.25, 0.3) is 0 Å². The first-order chi connectivity index (χ1) is 16.0. The Morgan fingerprint density at radius 1 is 0.939 bits per heavy atom. The Labute approximate surface area is 198 Å². The van der Waals surface area contributed by atoms with Crippen molar-refractivity contribution in [3.05, 3.63) is 90.3 Å². The summed E-state index contributed by atoms with van der Waals surface area (Å²) in [5.41, 5.74) is 3.98. The zero-order valence-corrected chi connectivity index (χ0v) is 20.0. The van der Waals surface area contributed by atoms with E-state index in [1.54, 1.807) is 31.4 Å². The molecule has 33 heavy (non-hydrogen) atoms. The van der Waals surface area contributed by atoms with Crippen molar-refractivity contribution in [2.75, 3.05) is 14.1 Å². The molecule has 0 saturated carbocycles. The molecule has 6 nitrogen and oxygen atoms in total. The lowest BCUT2D eigenvalue weighted by atomic mass is 10.0. The number of benzene rings is 2. The number of nitrogens with zero attached hydrogens (tertiary/aromatic N) is 5. The minimum absolute atomic E-state index is 0.000762. The summed E-state index contributed by atoms with van der Waals surface area (Å²) in [7, 11) is 3.55. The zero-order valence-electron chi connectivity index (χ0n) is 19.2. The first-order valence-electron chi connectivity index (χ1n) is 10.8. The molecule has 0 aliphatic carbocycles. The highest BCUT2D eigenvalue weighted by Gasteiger charge is 2.28. The normalized spacial score (nSPS) is 12.0. The van der Waals surface area contributed by atoms with Crippen LogP contribution in [0.4, 0.5) is 0 Å². The van der Waals surface area contributed by atoms with Gasteiger partial charge in [-0.2, -0.15) is 0 Å². The van der Waals surface area contributed by atoms with Crippen LogP contribution in [-0.2, 0) is 4.79 Å². The van der Waals surface area contributed by atoms with Crippen molar-refractivity contribution in [1.82, 2.24) is 24.6 Å². The van der Waals surface area contributed by atoms with Crippen molar-refractivity contribution in [3.8, 4) is 17.1 Å². The summed E-state index contributed by atoms with van der Waals surface area (Å²) in [4.78, 5) is 19.1. The average Bonchev–Trinajstić information content (AvgIpc) is 3.26. The summed E-state index contributed by atoms with van der Waals surface area (Å²) >= 11 is 1.41. The lowest BCUT2D eigenvalue weighted by molar-refractivity contribution is -0.128. The van der Waals surface area contributed by atoms with E-state index in [1.165, 1.54) is 17.3 Å². The topological polar surface area (TPSA) is 63.9 Å². The molecule has 0 N–H and O–H groups in total. The number of rotatable bonds is 7. The summed E-state index contributed by atoms with van der Waals surface area (Å²) in [5.74, 6) is 1.00. The summed E-state index contributed by atoms with van der Waals surface area (Å²) in [6.45, 7) is 4.34. The Balaban J connectivity index is 1.89. The third-order valence-corrected chi connectivity index (χ3v) is 6.53. The van der Waals surface area contributed by atoms with Crippen molar-refractivity contribution in [2.45, 2.75) is 30.2 Å². The van der Waals surface area contributed by atoms with Crippen LogP contribution in [0.2, 0.25) is 0 Å². The molecule has 2 aromatic heterocycles. The Kier molecular flexibility index (Phi) is 6.89. The van der Waals surface area contributed by atoms with E-state index in [2.05, 4.69) is 45.7 Å². The number of thioether (sulfide) groups is 1. The van der Waals surface area contributed by atoms with E-state index in [0.29, 0.717) is 16.9 Å². The fourth-order valence-electron chi connectivity index (χ4n) is 3.65. The number of carbonyl (C=O) groups excluding carboxylic acids is 1. The largest absolute Gasteiger partial charge is 0.348 e. The summed E-state index contributed by atoms with van der Waals surface area (Å²) in [6, 6.07) is 21.9. The van der Waals surface area contributed by atoms with Gasteiger partial charge >= 0.3 is 0 Å². The predicted molar refractivity (Wildman–Crippen MR) is 132 cm³/mol. The molecule has 0 unspecified atom stereocenters. The molecule has 0 saturated heterocycles. The van der Waals surface area contributed by atoms with Gasteiger partial charge in [0, 0.05) is 32.1 Å². The van der Waals surface area contributed by atoms with Crippen LogP contribution in [0.1, 0.15) is 36.1 Å². The highest BCUT2D eigenvalue weighted by Crippen LogP contribution is 2.39. The van der Waals surface area contributed by atoms with Crippen molar-refractivity contribution in [2.24, 2.45) is 0 Å². The molecule has 168 valence electrons. The lowest BCUT2D eigenvalue weighted by Gasteiger charge is -2.21. The highest BCUT2D eigenvalue weighted by molar-refractivity contribution is 8.00. The molecular formula is C26H27N5OS. The van der Waals surface area contributed by atoms with Gasteiger partial charge in [0.05, 0.1) is 5.69 Å². The van der Waals surface area contributed by atoms with Gasteiger partial charge in [-0.05, 0) is 35.2 Å². The minimum Gasteiger partial charge on any atom is -0.348 e. The third-order valence-electron chi connectivity index (χ3n) is 5.34. The summed E-state index contributed by atoms with van der Waals surface area (Å²) in [5, 5.41) is 9.31. The number of likely N-dealkylation sites (N-methyl/N-ethyl adjacent to an activating group) is 1. The molecule has 4 rings (SSSR count). The molecule has 0 bridgehead atoms. The third kappa shape index (κ3) is 4.83. The molecular weight excluding hydrogens is 430 g/mol. The number of carbonyl (C=O) groups is 1. The first-order valence-corrected chi connectivity index (χ1v) is 11.7. The fraction of sp³-hybridized carbons (Fsp3) is 0.231. The van der Waals surface area contributed by atoms with Gasteiger partial charge in [-0.25, -0.2) is 0 Å². The van der Waals surface area contributed by atoms with Gasteiger partial charge in [-0.1, -0.05) is 74.1 Å². The van der Waals surface area contributed by atoms with Crippen LogP contribution >= 0.6 is 11.8 Å². The van der Waals surface area contributed by atoms with Crippen LogP contribution in [0.5, 0.6) is 0 Å². The standard InChI is InChI=1S/C26H27N5OS/c1-18(2)21-14-8-9-15-22(21)31-24(20-13-10-16-27-17-20)28-29-26(31)33-23(25(32)30(3)4)19-11-6-5-7-12-19/h5-18,23H,1-4H3/t23-/m0/s1.